The van der Waals surface area contributed by atoms with Crippen LogP contribution in [0.15, 0.2) is 0 Å². The number of rotatable bonds is 5. The lowest BCUT2D eigenvalue weighted by molar-refractivity contribution is -0.181. The van der Waals surface area contributed by atoms with E-state index in [0.717, 1.165) is 38.5 Å². The van der Waals surface area contributed by atoms with Crippen LogP contribution in [0.2, 0.25) is 0 Å². The Hall–Kier alpha value is -0.570. The van der Waals surface area contributed by atoms with Crippen molar-refractivity contribution in [3.63, 3.8) is 0 Å². The van der Waals surface area contributed by atoms with Crippen molar-refractivity contribution in [1.82, 2.24) is 0 Å². The second-order valence-corrected chi connectivity index (χ2v) is 9.28. The van der Waals surface area contributed by atoms with E-state index in [9.17, 15) is 4.79 Å². The quantitative estimate of drug-likeness (QED) is 0.740. The molecule has 0 heterocycles. The number of ether oxygens (including phenoxy) is 1. The van der Waals surface area contributed by atoms with E-state index in [1.807, 2.05) is 20.8 Å². The Bertz CT molecular complexity index is 383. The SMILES string of the molecule is CCC1(OC(=O)C(C)(CC(C)(C)C)C(C)(C)N)CCCCC1. The first-order chi connectivity index (χ1) is 9.85. The van der Waals surface area contributed by atoms with Gasteiger partial charge in [-0.05, 0) is 64.7 Å². The highest BCUT2D eigenvalue weighted by Crippen LogP contribution is 2.44. The van der Waals surface area contributed by atoms with Gasteiger partial charge in [0.25, 0.3) is 0 Å². The summed E-state index contributed by atoms with van der Waals surface area (Å²) in [7, 11) is 0. The molecule has 2 N–H and O–H groups in total. The lowest BCUT2D eigenvalue weighted by Crippen LogP contribution is -2.57. The summed E-state index contributed by atoms with van der Waals surface area (Å²) in [5.74, 6) is -0.112. The van der Waals surface area contributed by atoms with Crippen LogP contribution in [0.4, 0.5) is 0 Å². The molecule has 1 fully saturated rings. The molecular weight excluding hydrogens is 274 g/mol. The largest absolute Gasteiger partial charge is 0.459 e. The monoisotopic (exact) mass is 311 g/mol. The molecule has 0 aromatic carbocycles. The number of carbonyl (C=O) groups excluding carboxylic acids is 1. The molecule has 0 spiro atoms. The van der Waals surface area contributed by atoms with Gasteiger partial charge in [-0.1, -0.05) is 34.1 Å². The molecule has 1 unspecified atom stereocenters. The van der Waals surface area contributed by atoms with Crippen LogP contribution < -0.4 is 5.73 Å². The van der Waals surface area contributed by atoms with Gasteiger partial charge in [0.1, 0.15) is 5.60 Å². The third kappa shape index (κ3) is 4.47. The molecule has 0 radical (unpaired) electrons. The highest BCUT2D eigenvalue weighted by Gasteiger charge is 2.50. The molecule has 0 aromatic heterocycles. The molecule has 0 bridgehead atoms. The second-order valence-electron chi connectivity index (χ2n) is 9.28. The number of carbonyl (C=O) groups is 1. The molecule has 1 aliphatic rings. The van der Waals surface area contributed by atoms with Gasteiger partial charge in [0.2, 0.25) is 0 Å². The summed E-state index contributed by atoms with van der Waals surface area (Å²) in [5.41, 5.74) is 4.89. The standard InChI is InChI=1S/C19H37NO2/c1-8-19(12-10-9-11-13-19)22-15(21)18(7,17(5,6)20)14-16(2,3)4/h8-14,20H2,1-7H3. The minimum atomic E-state index is -0.676. The third-order valence-electron chi connectivity index (χ3n) is 5.47. The van der Waals surface area contributed by atoms with Crippen molar-refractivity contribution in [3.8, 4) is 0 Å². The first-order valence-electron chi connectivity index (χ1n) is 8.88. The summed E-state index contributed by atoms with van der Waals surface area (Å²) in [6.45, 7) is 14.5. The van der Waals surface area contributed by atoms with Crippen LogP contribution in [0, 0.1) is 10.8 Å². The van der Waals surface area contributed by atoms with Gasteiger partial charge in [0, 0.05) is 5.54 Å². The molecule has 0 saturated heterocycles. The Labute approximate surface area is 137 Å². The normalized spacial score (nSPS) is 22.0. The van der Waals surface area contributed by atoms with Crippen LogP contribution in [0.5, 0.6) is 0 Å². The smallest absolute Gasteiger partial charge is 0.314 e. The Morgan fingerprint density at radius 1 is 1.05 bits per heavy atom. The molecule has 130 valence electrons. The van der Waals surface area contributed by atoms with E-state index >= 15 is 0 Å². The molecule has 3 heteroatoms. The summed E-state index contributed by atoms with van der Waals surface area (Å²) in [6, 6.07) is 0. The molecule has 0 aromatic rings. The van der Waals surface area contributed by atoms with Crippen molar-refractivity contribution in [3.05, 3.63) is 0 Å². The van der Waals surface area contributed by atoms with Crippen LogP contribution in [0.25, 0.3) is 0 Å². The summed E-state index contributed by atoms with van der Waals surface area (Å²) >= 11 is 0. The highest BCUT2D eigenvalue weighted by atomic mass is 16.6. The van der Waals surface area contributed by atoms with Crippen molar-refractivity contribution in [2.75, 3.05) is 0 Å². The third-order valence-corrected chi connectivity index (χ3v) is 5.47. The first-order valence-corrected chi connectivity index (χ1v) is 8.88. The van der Waals surface area contributed by atoms with Crippen LogP contribution in [0.3, 0.4) is 0 Å². The predicted molar refractivity (Wildman–Crippen MR) is 92.6 cm³/mol. The maximum absolute atomic E-state index is 13.1. The molecule has 0 amide bonds. The first kappa shape index (κ1) is 19.5. The minimum Gasteiger partial charge on any atom is -0.459 e. The zero-order chi connectivity index (χ0) is 17.2. The van der Waals surface area contributed by atoms with Crippen LogP contribution >= 0.6 is 0 Å². The summed E-state index contributed by atoms with van der Waals surface area (Å²) in [5, 5.41) is 0. The average molecular weight is 312 g/mol. The van der Waals surface area contributed by atoms with E-state index < -0.39 is 11.0 Å². The van der Waals surface area contributed by atoms with Crippen molar-refractivity contribution in [2.45, 2.75) is 105 Å². The summed E-state index contributed by atoms with van der Waals surface area (Å²) in [4.78, 5) is 13.1. The van der Waals surface area contributed by atoms with Gasteiger partial charge in [-0.3, -0.25) is 4.79 Å². The van der Waals surface area contributed by atoms with E-state index in [-0.39, 0.29) is 17.0 Å². The molecule has 0 aliphatic heterocycles. The van der Waals surface area contributed by atoms with Gasteiger partial charge in [-0.15, -0.1) is 0 Å². The Morgan fingerprint density at radius 2 is 1.55 bits per heavy atom. The fourth-order valence-electron chi connectivity index (χ4n) is 3.66. The fourth-order valence-corrected chi connectivity index (χ4v) is 3.66. The predicted octanol–water partition coefficient (Wildman–Crippen LogP) is 4.82. The molecular formula is C19H37NO2. The Kier molecular flexibility index (Phi) is 5.76. The summed E-state index contributed by atoms with van der Waals surface area (Å²) in [6.07, 6.45) is 7.17. The molecule has 1 rings (SSSR count). The Balaban J connectivity index is 3.02. The minimum absolute atomic E-state index is 0.0242. The molecule has 1 saturated carbocycles. The van der Waals surface area contributed by atoms with Crippen LogP contribution in [0.1, 0.15) is 93.4 Å². The van der Waals surface area contributed by atoms with Crippen LogP contribution in [-0.4, -0.2) is 17.1 Å². The second kappa shape index (κ2) is 6.51. The molecule has 3 nitrogen and oxygen atoms in total. The fraction of sp³-hybridized carbons (Fsp3) is 0.947. The number of esters is 1. The zero-order valence-electron chi connectivity index (χ0n) is 15.8. The molecule has 22 heavy (non-hydrogen) atoms. The molecule has 1 aliphatic carbocycles. The van der Waals surface area contributed by atoms with E-state index in [1.165, 1.54) is 6.42 Å². The van der Waals surface area contributed by atoms with Gasteiger partial charge in [-0.25, -0.2) is 0 Å². The maximum atomic E-state index is 13.1. The van der Waals surface area contributed by atoms with Crippen molar-refractivity contribution >= 4 is 5.97 Å². The van der Waals surface area contributed by atoms with Crippen molar-refractivity contribution in [2.24, 2.45) is 16.6 Å². The lowest BCUT2D eigenvalue weighted by Gasteiger charge is -2.46. The van der Waals surface area contributed by atoms with Gasteiger partial charge >= 0.3 is 5.97 Å². The van der Waals surface area contributed by atoms with Crippen molar-refractivity contribution in [1.29, 1.82) is 0 Å². The van der Waals surface area contributed by atoms with E-state index in [1.54, 1.807) is 0 Å². The van der Waals surface area contributed by atoms with Gasteiger partial charge in [0.15, 0.2) is 0 Å². The topological polar surface area (TPSA) is 52.3 Å². The van der Waals surface area contributed by atoms with Gasteiger partial charge in [-0.2, -0.15) is 0 Å². The Morgan fingerprint density at radius 3 is 1.91 bits per heavy atom. The van der Waals surface area contributed by atoms with E-state index in [4.69, 9.17) is 10.5 Å². The zero-order valence-corrected chi connectivity index (χ0v) is 15.8. The van der Waals surface area contributed by atoms with E-state index in [0.29, 0.717) is 0 Å². The summed E-state index contributed by atoms with van der Waals surface area (Å²) < 4.78 is 6.15. The average Bonchev–Trinajstić information content (AvgIpc) is 2.36. The van der Waals surface area contributed by atoms with Gasteiger partial charge in [0.05, 0.1) is 5.41 Å². The number of hydrogen-bond acceptors (Lipinski definition) is 3. The maximum Gasteiger partial charge on any atom is 0.314 e. The number of nitrogens with two attached hydrogens (primary N) is 1. The van der Waals surface area contributed by atoms with Gasteiger partial charge < -0.3 is 10.5 Å². The van der Waals surface area contributed by atoms with E-state index in [2.05, 4.69) is 27.7 Å². The van der Waals surface area contributed by atoms with Crippen LogP contribution in [-0.2, 0) is 9.53 Å². The number of hydrogen-bond donors (Lipinski definition) is 1. The lowest BCUT2D eigenvalue weighted by atomic mass is 9.65. The molecule has 1 atom stereocenters. The van der Waals surface area contributed by atoms with Crippen molar-refractivity contribution < 1.29 is 9.53 Å². The highest BCUT2D eigenvalue weighted by molar-refractivity contribution is 5.78.